The molecule has 234 valence electrons. The van der Waals surface area contributed by atoms with Crippen LogP contribution in [0.2, 0.25) is 0 Å². The maximum atomic E-state index is 14.0. The molecule has 4 aromatic rings. The molecule has 0 radical (unpaired) electrons. The zero-order valence-electron chi connectivity index (χ0n) is 23.6. The van der Waals surface area contributed by atoms with Crippen LogP contribution in [0, 0.1) is 21.7 Å². The second kappa shape index (κ2) is 11.9. The predicted octanol–water partition coefficient (Wildman–Crippen LogP) is 3.81. The minimum absolute atomic E-state index is 0.102. The number of primary amides is 1. The Morgan fingerprint density at radius 3 is 2.44 bits per heavy atom. The van der Waals surface area contributed by atoms with Crippen LogP contribution in [0.3, 0.4) is 0 Å². The molecule has 1 atom stereocenters. The fourth-order valence-corrected chi connectivity index (χ4v) is 7.22. The van der Waals surface area contributed by atoms with Crippen LogP contribution in [0.4, 0.5) is 20.2 Å². The summed E-state index contributed by atoms with van der Waals surface area (Å²) in [5.41, 5.74) is 6.92. The molecule has 1 amide bonds. The first-order chi connectivity index (χ1) is 21.5. The number of piperazine rings is 1. The lowest BCUT2D eigenvalue weighted by molar-refractivity contribution is -0.387. The van der Waals surface area contributed by atoms with Gasteiger partial charge in [-0.05, 0) is 48.9 Å². The number of hydrogen-bond donors (Lipinski definition) is 2. The average molecular weight is 640 g/mol. The lowest BCUT2D eigenvalue weighted by atomic mass is 10.0. The molecule has 0 aliphatic carbocycles. The summed E-state index contributed by atoms with van der Waals surface area (Å²) in [5.74, 6) is -2.16. The number of carbonyl (C=O) groups is 1. The van der Waals surface area contributed by atoms with Crippen molar-refractivity contribution < 1.29 is 31.7 Å². The van der Waals surface area contributed by atoms with Crippen molar-refractivity contribution in [2.45, 2.75) is 17.4 Å². The number of aromatic nitrogens is 2. The van der Waals surface area contributed by atoms with Crippen molar-refractivity contribution in [3.63, 3.8) is 0 Å². The van der Waals surface area contributed by atoms with Gasteiger partial charge >= 0.3 is 0 Å². The number of halogens is 2. The molecular weight excluding hydrogens is 612 g/mol. The highest BCUT2D eigenvalue weighted by molar-refractivity contribution is 7.89. The molecule has 1 saturated heterocycles. The fraction of sp³-hybridized carbons (Fsp3) is 0.241. The van der Waals surface area contributed by atoms with Crippen molar-refractivity contribution in [1.29, 1.82) is 0 Å². The van der Waals surface area contributed by atoms with E-state index in [2.05, 4.69) is 10.2 Å². The fourth-order valence-electron chi connectivity index (χ4n) is 5.64. The Morgan fingerprint density at radius 1 is 1.04 bits per heavy atom. The maximum absolute atomic E-state index is 14.0. The van der Waals surface area contributed by atoms with E-state index < -0.39 is 38.2 Å². The number of benzene rings is 3. The summed E-state index contributed by atoms with van der Waals surface area (Å²) in [7, 11) is -4.11. The third kappa shape index (κ3) is 5.70. The number of fused-ring (bicyclic) bond motifs is 1. The largest absolute Gasteiger partial charge is 0.454 e. The minimum atomic E-state index is -4.11. The summed E-state index contributed by atoms with van der Waals surface area (Å²) in [6.45, 7) is 1.36. The number of nitrogens with two attached hydrogens (primary N) is 1. The third-order valence-electron chi connectivity index (χ3n) is 7.78. The molecule has 1 aromatic heterocycles. The maximum Gasteiger partial charge on any atom is 0.289 e. The molecule has 1 fully saturated rings. The van der Waals surface area contributed by atoms with Crippen molar-refractivity contribution in [2.75, 3.05) is 38.0 Å². The quantitative estimate of drug-likeness (QED) is 0.215. The number of para-hydroxylation sites is 1. The monoisotopic (exact) mass is 639 g/mol. The molecule has 0 bridgehead atoms. The molecule has 13 nitrogen and oxygen atoms in total. The number of sulfonamides is 1. The number of anilines is 1. The first kappa shape index (κ1) is 30.1. The molecule has 0 unspecified atom stereocenters. The van der Waals surface area contributed by atoms with Gasteiger partial charge in [0.25, 0.3) is 11.6 Å². The molecule has 3 N–H and O–H groups in total. The highest BCUT2D eigenvalue weighted by Crippen LogP contribution is 2.38. The van der Waals surface area contributed by atoms with Crippen LogP contribution in [0.5, 0.6) is 11.5 Å². The second-order valence-electron chi connectivity index (χ2n) is 10.5. The van der Waals surface area contributed by atoms with Gasteiger partial charge in [-0.1, -0.05) is 12.1 Å². The number of nitrogens with zero attached hydrogens (tertiary/aromatic N) is 5. The highest BCUT2D eigenvalue weighted by atomic mass is 32.2. The van der Waals surface area contributed by atoms with Gasteiger partial charge in [0.1, 0.15) is 17.3 Å². The Morgan fingerprint density at radius 2 is 1.76 bits per heavy atom. The molecular formula is C29H27F2N7O6S. The molecule has 0 spiro atoms. The normalized spacial score (nSPS) is 17.3. The molecule has 6 rings (SSSR count). The van der Waals surface area contributed by atoms with Crippen molar-refractivity contribution in [1.82, 2.24) is 19.0 Å². The Bertz CT molecular complexity index is 1890. The lowest BCUT2D eigenvalue weighted by Gasteiger charge is -2.39. The van der Waals surface area contributed by atoms with Crippen LogP contribution >= 0.6 is 0 Å². The summed E-state index contributed by atoms with van der Waals surface area (Å²) >= 11 is 0. The number of nitrogens with one attached hydrogen (secondary N) is 1. The van der Waals surface area contributed by atoms with Gasteiger partial charge in [0.2, 0.25) is 10.0 Å². The van der Waals surface area contributed by atoms with Crippen molar-refractivity contribution in [3.8, 4) is 17.2 Å². The first-order valence-corrected chi connectivity index (χ1v) is 15.4. The number of nitro groups is 1. The summed E-state index contributed by atoms with van der Waals surface area (Å²) in [6, 6.07) is 14.1. The lowest BCUT2D eigenvalue weighted by Crippen LogP contribution is -2.50. The molecule has 16 heteroatoms. The molecule has 2 aliphatic rings. The SMILES string of the molecule is NC(=O)c1c2c(nn1-c1ccc(Oc3cc(F)ccc3F)cc1)[C@H](N1CCN(S(=O)(=O)c3ccccc3[N+](=O)[O-])CC1)CCN2. The van der Waals surface area contributed by atoms with E-state index >= 15 is 0 Å². The summed E-state index contributed by atoms with van der Waals surface area (Å²) in [5, 5.41) is 19.4. The first-order valence-electron chi connectivity index (χ1n) is 13.9. The van der Waals surface area contributed by atoms with E-state index in [0.29, 0.717) is 43.1 Å². The van der Waals surface area contributed by atoms with E-state index in [1.165, 1.54) is 39.3 Å². The Labute approximate surface area is 256 Å². The summed E-state index contributed by atoms with van der Waals surface area (Å²) in [6.07, 6.45) is 0.616. The average Bonchev–Trinajstić information content (AvgIpc) is 3.43. The molecule has 0 saturated carbocycles. The number of hydrogen-bond acceptors (Lipinski definition) is 9. The van der Waals surface area contributed by atoms with E-state index in [-0.39, 0.29) is 41.2 Å². The van der Waals surface area contributed by atoms with Crippen molar-refractivity contribution in [3.05, 3.63) is 99.9 Å². The van der Waals surface area contributed by atoms with Crippen LogP contribution in [0.1, 0.15) is 28.6 Å². The van der Waals surface area contributed by atoms with Gasteiger partial charge < -0.3 is 15.8 Å². The Hall–Kier alpha value is -4.93. The van der Waals surface area contributed by atoms with Gasteiger partial charge in [-0.2, -0.15) is 9.40 Å². The van der Waals surface area contributed by atoms with Crippen LogP contribution in [0.25, 0.3) is 5.69 Å². The van der Waals surface area contributed by atoms with Crippen LogP contribution < -0.4 is 15.8 Å². The molecule has 3 aromatic carbocycles. The van der Waals surface area contributed by atoms with Gasteiger partial charge in [0.05, 0.1) is 22.3 Å². The summed E-state index contributed by atoms with van der Waals surface area (Å²) < 4.78 is 62.3. The minimum Gasteiger partial charge on any atom is -0.454 e. The number of amides is 1. The van der Waals surface area contributed by atoms with E-state index in [1.807, 2.05) is 0 Å². The zero-order chi connectivity index (χ0) is 31.9. The number of nitro benzene ring substituents is 1. The smallest absolute Gasteiger partial charge is 0.289 e. The van der Waals surface area contributed by atoms with E-state index in [0.717, 1.165) is 24.3 Å². The topological polar surface area (TPSA) is 166 Å². The van der Waals surface area contributed by atoms with Gasteiger partial charge in [-0.15, -0.1) is 0 Å². The van der Waals surface area contributed by atoms with Crippen molar-refractivity contribution >= 4 is 27.3 Å². The predicted molar refractivity (Wildman–Crippen MR) is 158 cm³/mol. The number of ether oxygens (including phenoxy) is 1. The summed E-state index contributed by atoms with van der Waals surface area (Å²) in [4.78, 5) is 25.1. The van der Waals surface area contributed by atoms with Crippen LogP contribution in [-0.4, -0.2) is 71.0 Å². The van der Waals surface area contributed by atoms with Crippen molar-refractivity contribution in [2.24, 2.45) is 5.73 Å². The van der Waals surface area contributed by atoms with E-state index in [9.17, 15) is 32.1 Å². The van der Waals surface area contributed by atoms with E-state index in [1.54, 1.807) is 12.1 Å². The van der Waals surface area contributed by atoms with Crippen LogP contribution in [0.15, 0.2) is 71.6 Å². The molecule has 2 aliphatic heterocycles. The second-order valence-corrected chi connectivity index (χ2v) is 12.4. The Balaban J connectivity index is 1.23. The molecule has 3 heterocycles. The number of carbonyl (C=O) groups excluding carboxylic acids is 1. The van der Waals surface area contributed by atoms with Gasteiger partial charge in [-0.25, -0.2) is 21.9 Å². The van der Waals surface area contributed by atoms with Gasteiger partial charge in [0.15, 0.2) is 22.2 Å². The number of rotatable bonds is 8. The van der Waals surface area contributed by atoms with Crippen LogP contribution in [-0.2, 0) is 10.0 Å². The van der Waals surface area contributed by atoms with Gasteiger partial charge in [-0.3, -0.25) is 19.8 Å². The van der Waals surface area contributed by atoms with Gasteiger partial charge in [0, 0.05) is 44.9 Å². The standard InChI is InChI=1S/C29H27F2N7O6S/c30-18-5-10-21(31)24(17-18)44-20-8-6-19(7-9-20)37-28(29(32)39)27-26(34-37)23(11-12-33-27)35-13-15-36(16-14-35)45(42,43)25-4-2-1-3-22(25)38(40)41/h1-10,17,23,33H,11-16H2,(H2,32,39)/t23-/m1/s1. The zero-order valence-corrected chi connectivity index (χ0v) is 24.4. The van der Waals surface area contributed by atoms with E-state index in [4.69, 9.17) is 15.6 Å². The molecule has 45 heavy (non-hydrogen) atoms. The highest BCUT2D eigenvalue weighted by Gasteiger charge is 2.38. The Kier molecular flexibility index (Phi) is 7.94. The third-order valence-corrected chi connectivity index (χ3v) is 9.72.